The van der Waals surface area contributed by atoms with Crippen molar-refractivity contribution in [2.75, 3.05) is 44.2 Å². The number of piperazine rings is 1. The molecule has 0 unspecified atom stereocenters. The van der Waals surface area contributed by atoms with Crippen LogP contribution in [0.1, 0.15) is 28.9 Å². The van der Waals surface area contributed by atoms with Crippen LogP contribution in [0, 0.1) is 13.8 Å². The van der Waals surface area contributed by atoms with E-state index >= 15 is 0 Å². The lowest BCUT2D eigenvalue weighted by atomic mass is 10.3. The van der Waals surface area contributed by atoms with Crippen LogP contribution in [0.4, 0.5) is 5.95 Å². The van der Waals surface area contributed by atoms with Crippen molar-refractivity contribution in [1.82, 2.24) is 30.5 Å². The first-order chi connectivity index (χ1) is 14.6. The van der Waals surface area contributed by atoms with Gasteiger partial charge in [-0.1, -0.05) is 0 Å². The number of rotatable bonds is 7. The summed E-state index contributed by atoms with van der Waals surface area (Å²) in [4.78, 5) is 35.4. The predicted molar refractivity (Wildman–Crippen MR) is 135 cm³/mol. The standard InChI is InChI=1S/C20H30N8OS.HI/c1-4-21-19(25-14-17-15(2)26-16(3)30-17)22-9-6-18(29)27-10-12-28(13-11-27)20-23-7-5-8-24-20;/h5,7-8H,4,6,9-14H2,1-3H3,(H2,21,22,25);1H. The molecule has 2 aromatic heterocycles. The summed E-state index contributed by atoms with van der Waals surface area (Å²) in [6.45, 7) is 10.8. The molecule has 0 saturated carbocycles. The van der Waals surface area contributed by atoms with Crippen LogP contribution in [0.25, 0.3) is 0 Å². The monoisotopic (exact) mass is 558 g/mol. The molecule has 31 heavy (non-hydrogen) atoms. The van der Waals surface area contributed by atoms with Gasteiger partial charge in [-0.25, -0.2) is 19.9 Å². The van der Waals surface area contributed by atoms with E-state index in [0.29, 0.717) is 32.6 Å². The minimum atomic E-state index is 0. The topological polar surface area (TPSA) is 98.6 Å². The number of carbonyl (C=O) groups is 1. The van der Waals surface area contributed by atoms with Crippen molar-refractivity contribution in [2.24, 2.45) is 4.99 Å². The number of amides is 1. The second-order valence-electron chi connectivity index (χ2n) is 7.03. The lowest BCUT2D eigenvalue weighted by molar-refractivity contribution is -0.131. The predicted octanol–water partition coefficient (Wildman–Crippen LogP) is 1.96. The number of hydrogen-bond donors (Lipinski definition) is 2. The van der Waals surface area contributed by atoms with Crippen molar-refractivity contribution in [3.05, 3.63) is 34.0 Å². The minimum Gasteiger partial charge on any atom is -0.357 e. The molecule has 0 radical (unpaired) electrons. The van der Waals surface area contributed by atoms with Crippen molar-refractivity contribution in [3.8, 4) is 0 Å². The molecule has 1 aliphatic heterocycles. The van der Waals surface area contributed by atoms with E-state index in [-0.39, 0.29) is 29.9 Å². The zero-order chi connectivity index (χ0) is 21.3. The SMILES string of the molecule is CCNC(=NCc1sc(C)nc1C)NCCC(=O)N1CCN(c2ncccn2)CC1.I. The van der Waals surface area contributed by atoms with Gasteiger partial charge in [-0.05, 0) is 26.8 Å². The number of halogens is 1. The van der Waals surface area contributed by atoms with Crippen molar-refractivity contribution >= 4 is 53.1 Å². The smallest absolute Gasteiger partial charge is 0.225 e. The number of aromatic nitrogens is 3. The van der Waals surface area contributed by atoms with E-state index in [9.17, 15) is 4.79 Å². The first kappa shape index (κ1) is 25.2. The Hall–Kier alpha value is -2.02. The van der Waals surface area contributed by atoms with E-state index in [2.05, 4.69) is 35.5 Å². The number of hydrogen-bond acceptors (Lipinski definition) is 7. The maximum absolute atomic E-state index is 12.6. The molecule has 1 amide bonds. The molecule has 0 atom stereocenters. The van der Waals surface area contributed by atoms with E-state index in [1.807, 2.05) is 25.7 Å². The number of anilines is 1. The van der Waals surface area contributed by atoms with Gasteiger partial charge in [-0.2, -0.15) is 0 Å². The van der Waals surface area contributed by atoms with Gasteiger partial charge in [0.2, 0.25) is 11.9 Å². The number of thiazole rings is 1. The molecule has 2 N–H and O–H groups in total. The molecule has 0 aliphatic carbocycles. The van der Waals surface area contributed by atoms with Gasteiger partial charge < -0.3 is 20.4 Å². The lowest BCUT2D eigenvalue weighted by Gasteiger charge is -2.34. The van der Waals surface area contributed by atoms with Gasteiger partial charge in [0.25, 0.3) is 0 Å². The maximum atomic E-state index is 12.6. The van der Waals surface area contributed by atoms with Crippen LogP contribution in [0.15, 0.2) is 23.5 Å². The van der Waals surface area contributed by atoms with Gasteiger partial charge in [0.05, 0.1) is 17.2 Å². The highest BCUT2D eigenvalue weighted by Crippen LogP contribution is 2.17. The average Bonchev–Trinajstić information content (AvgIpc) is 3.09. The Morgan fingerprint density at radius 3 is 2.48 bits per heavy atom. The number of carbonyl (C=O) groups excluding carboxylic acids is 1. The van der Waals surface area contributed by atoms with Crippen molar-refractivity contribution in [1.29, 1.82) is 0 Å². The third kappa shape index (κ3) is 7.56. The average molecular weight is 558 g/mol. The second kappa shape index (κ2) is 12.7. The number of aryl methyl sites for hydroxylation is 2. The summed E-state index contributed by atoms with van der Waals surface area (Å²) in [5, 5.41) is 7.56. The van der Waals surface area contributed by atoms with E-state index in [0.717, 1.165) is 42.2 Å². The molecule has 170 valence electrons. The zero-order valence-electron chi connectivity index (χ0n) is 18.3. The van der Waals surface area contributed by atoms with E-state index < -0.39 is 0 Å². The molecule has 11 heteroatoms. The summed E-state index contributed by atoms with van der Waals surface area (Å²) in [7, 11) is 0. The largest absolute Gasteiger partial charge is 0.357 e. The Morgan fingerprint density at radius 2 is 1.87 bits per heavy atom. The van der Waals surface area contributed by atoms with Crippen LogP contribution in [-0.2, 0) is 11.3 Å². The van der Waals surface area contributed by atoms with Gasteiger partial charge in [0.15, 0.2) is 5.96 Å². The summed E-state index contributed by atoms with van der Waals surface area (Å²) >= 11 is 1.67. The number of nitrogens with zero attached hydrogens (tertiary/aromatic N) is 6. The van der Waals surface area contributed by atoms with Gasteiger partial charge in [0, 0.05) is 63.0 Å². The highest BCUT2D eigenvalue weighted by atomic mass is 127. The van der Waals surface area contributed by atoms with Crippen LogP contribution in [0.3, 0.4) is 0 Å². The Kier molecular flexibility index (Phi) is 10.4. The third-order valence-corrected chi connectivity index (χ3v) is 5.88. The zero-order valence-corrected chi connectivity index (χ0v) is 21.4. The van der Waals surface area contributed by atoms with Crippen molar-refractivity contribution in [2.45, 2.75) is 33.7 Å². The Balaban J connectivity index is 0.00000341. The summed E-state index contributed by atoms with van der Waals surface area (Å²) in [5.74, 6) is 1.60. The highest BCUT2D eigenvalue weighted by Gasteiger charge is 2.22. The Bertz CT molecular complexity index is 852. The molecule has 0 bridgehead atoms. The van der Waals surface area contributed by atoms with Crippen molar-refractivity contribution in [3.63, 3.8) is 0 Å². The van der Waals surface area contributed by atoms with Crippen LogP contribution in [0.2, 0.25) is 0 Å². The number of nitrogens with one attached hydrogen (secondary N) is 2. The van der Waals surface area contributed by atoms with Crippen LogP contribution in [0.5, 0.6) is 0 Å². The number of aliphatic imine (C=N–C) groups is 1. The van der Waals surface area contributed by atoms with Gasteiger partial charge in [-0.3, -0.25) is 4.79 Å². The second-order valence-corrected chi connectivity index (χ2v) is 8.32. The molecule has 1 saturated heterocycles. The fraction of sp³-hybridized carbons (Fsp3) is 0.550. The molecular formula is C20H31IN8OS. The quantitative estimate of drug-likeness (QED) is 0.305. The van der Waals surface area contributed by atoms with Gasteiger partial charge in [-0.15, -0.1) is 35.3 Å². The molecule has 3 rings (SSSR count). The first-order valence-electron chi connectivity index (χ1n) is 10.3. The van der Waals surface area contributed by atoms with Crippen molar-refractivity contribution < 1.29 is 4.79 Å². The fourth-order valence-electron chi connectivity index (χ4n) is 3.27. The lowest BCUT2D eigenvalue weighted by Crippen LogP contribution is -2.50. The third-order valence-electron chi connectivity index (χ3n) is 4.82. The molecule has 0 aromatic carbocycles. The van der Waals surface area contributed by atoms with Gasteiger partial charge in [0.1, 0.15) is 0 Å². The number of guanidine groups is 1. The molecule has 1 fully saturated rings. The van der Waals surface area contributed by atoms with E-state index in [4.69, 9.17) is 0 Å². The van der Waals surface area contributed by atoms with Gasteiger partial charge >= 0.3 is 0 Å². The molecule has 2 aromatic rings. The molecule has 3 heterocycles. The fourth-order valence-corrected chi connectivity index (χ4v) is 4.13. The molecule has 1 aliphatic rings. The summed E-state index contributed by atoms with van der Waals surface area (Å²) < 4.78 is 0. The molecular weight excluding hydrogens is 527 g/mol. The van der Waals surface area contributed by atoms with Crippen LogP contribution < -0.4 is 15.5 Å². The van der Waals surface area contributed by atoms with E-state index in [1.54, 1.807) is 29.8 Å². The normalized spacial score (nSPS) is 14.2. The Morgan fingerprint density at radius 1 is 1.16 bits per heavy atom. The molecule has 0 spiro atoms. The summed E-state index contributed by atoms with van der Waals surface area (Å²) in [5.41, 5.74) is 1.03. The maximum Gasteiger partial charge on any atom is 0.225 e. The minimum absolute atomic E-state index is 0. The van der Waals surface area contributed by atoms with E-state index in [1.165, 1.54) is 4.88 Å². The summed E-state index contributed by atoms with van der Waals surface area (Å²) in [6, 6.07) is 1.81. The Labute approximate surface area is 204 Å². The highest BCUT2D eigenvalue weighted by molar-refractivity contribution is 14.0. The first-order valence-corrected chi connectivity index (χ1v) is 11.1. The van der Waals surface area contributed by atoms with Crippen LogP contribution >= 0.6 is 35.3 Å². The summed E-state index contributed by atoms with van der Waals surface area (Å²) in [6.07, 6.45) is 3.92. The van der Waals surface area contributed by atoms with Crippen LogP contribution in [-0.4, -0.2) is 71.0 Å². The molecule has 9 nitrogen and oxygen atoms in total.